The number of hydrogen-bond donors (Lipinski definition) is 1. The van der Waals surface area contributed by atoms with Crippen LogP contribution in [-0.4, -0.2) is 29.5 Å². The van der Waals surface area contributed by atoms with Gasteiger partial charge in [-0.2, -0.15) is 5.10 Å². The van der Waals surface area contributed by atoms with Crippen LogP contribution in [0.4, 0.5) is 5.69 Å². The molecule has 2 aromatic rings. The minimum Gasteiger partial charge on any atom is -0.495 e. The lowest BCUT2D eigenvalue weighted by molar-refractivity contribution is 0.0509. The molecule has 0 radical (unpaired) electrons. The van der Waals surface area contributed by atoms with E-state index in [1.165, 1.54) is 7.11 Å². The Kier molecular flexibility index (Phi) is 4.24. The molecule has 1 aromatic carbocycles. The number of hydrogen-bond acceptors (Lipinski definition) is 5. The number of carbonyl (C=O) groups excluding carboxylic acids is 1. The Morgan fingerprint density at radius 1 is 1.45 bits per heavy atom. The lowest BCUT2D eigenvalue weighted by Crippen LogP contribution is -2.08. The topological polar surface area (TPSA) is 79.4 Å². The van der Waals surface area contributed by atoms with Gasteiger partial charge in [0.2, 0.25) is 0 Å². The zero-order valence-electron chi connectivity index (χ0n) is 11.5. The smallest absolute Gasteiger partial charge is 0.338 e. The number of nitrogen functional groups attached to an aromatic ring is 1. The quantitative estimate of drug-likeness (QED) is 0.659. The standard InChI is InChI=1S/C14H17N3O3/c1-17-9-10(8-16-17)5-6-20-14(18)11-3-4-12(15)13(7-11)19-2/h3-4,7-9H,5-6,15H2,1-2H3. The van der Waals surface area contributed by atoms with Gasteiger partial charge >= 0.3 is 5.97 Å². The number of carbonyl (C=O) groups is 1. The summed E-state index contributed by atoms with van der Waals surface area (Å²) in [7, 11) is 3.35. The van der Waals surface area contributed by atoms with Crippen LogP contribution < -0.4 is 10.5 Å². The van der Waals surface area contributed by atoms with Gasteiger partial charge < -0.3 is 15.2 Å². The Morgan fingerprint density at radius 3 is 2.90 bits per heavy atom. The van der Waals surface area contributed by atoms with Crippen LogP contribution in [0.1, 0.15) is 15.9 Å². The third kappa shape index (κ3) is 3.28. The first-order valence-corrected chi connectivity index (χ1v) is 6.18. The average Bonchev–Trinajstić information content (AvgIpc) is 2.85. The fraction of sp³-hybridized carbons (Fsp3) is 0.286. The molecule has 0 bridgehead atoms. The summed E-state index contributed by atoms with van der Waals surface area (Å²) in [4.78, 5) is 11.9. The van der Waals surface area contributed by atoms with Gasteiger partial charge in [0.05, 0.1) is 31.2 Å². The molecule has 6 heteroatoms. The van der Waals surface area contributed by atoms with Crippen LogP contribution in [0.15, 0.2) is 30.6 Å². The minimum atomic E-state index is -0.396. The van der Waals surface area contributed by atoms with Crippen molar-refractivity contribution in [2.24, 2.45) is 7.05 Å². The summed E-state index contributed by atoms with van der Waals surface area (Å²) in [6.45, 7) is 0.303. The van der Waals surface area contributed by atoms with E-state index in [0.29, 0.717) is 30.0 Å². The Balaban J connectivity index is 1.91. The Labute approximate surface area is 117 Å². The number of benzene rings is 1. The van der Waals surface area contributed by atoms with Gasteiger partial charge in [-0.25, -0.2) is 4.79 Å². The highest BCUT2D eigenvalue weighted by atomic mass is 16.5. The van der Waals surface area contributed by atoms with E-state index in [9.17, 15) is 4.79 Å². The average molecular weight is 275 g/mol. The number of anilines is 1. The first-order valence-electron chi connectivity index (χ1n) is 6.18. The van der Waals surface area contributed by atoms with Gasteiger partial charge in [0, 0.05) is 19.7 Å². The van der Waals surface area contributed by atoms with Crippen LogP contribution in [0.2, 0.25) is 0 Å². The van der Waals surface area contributed by atoms with Crippen molar-refractivity contribution in [1.82, 2.24) is 9.78 Å². The first kappa shape index (κ1) is 13.9. The third-order valence-corrected chi connectivity index (χ3v) is 2.85. The van der Waals surface area contributed by atoms with Crippen LogP contribution in [0.5, 0.6) is 5.75 Å². The maximum atomic E-state index is 11.9. The van der Waals surface area contributed by atoms with Gasteiger partial charge in [0.25, 0.3) is 0 Å². The van der Waals surface area contributed by atoms with Crippen LogP contribution in [-0.2, 0) is 18.2 Å². The number of aryl methyl sites for hydroxylation is 1. The molecular weight excluding hydrogens is 258 g/mol. The van der Waals surface area contributed by atoms with Crippen LogP contribution >= 0.6 is 0 Å². The third-order valence-electron chi connectivity index (χ3n) is 2.85. The van der Waals surface area contributed by atoms with Crippen LogP contribution in [0.25, 0.3) is 0 Å². The molecule has 0 saturated heterocycles. The van der Waals surface area contributed by atoms with Gasteiger partial charge in [-0.1, -0.05) is 0 Å². The second kappa shape index (κ2) is 6.10. The number of aromatic nitrogens is 2. The summed E-state index contributed by atoms with van der Waals surface area (Å²) >= 11 is 0. The fourth-order valence-corrected chi connectivity index (χ4v) is 1.78. The zero-order chi connectivity index (χ0) is 14.5. The number of nitrogens with zero attached hydrogens (tertiary/aromatic N) is 2. The molecule has 2 N–H and O–H groups in total. The molecule has 0 saturated carbocycles. The highest BCUT2D eigenvalue weighted by Crippen LogP contribution is 2.22. The summed E-state index contributed by atoms with van der Waals surface area (Å²) < 4.78 is 12.0. The largest absolute Gasteiger partial charge is 0.495 e. The second-order valence-corrected chi connectivity index (χ2v) is 4.36. The summed E-state index contributed by atoms with van der Waals surface area (Å²) in [5, 5.41) is 4.05. The molecule has 0 spiro atoms. The van der Waals surface area contributed by atoms with Gasteiger partial charge in [-0.15, -0.1) is 0 Å². The highest BCUT2D eigenvalue weighted by molar-refractivity contribution is 5.90. The van der Waals surface area contributed by atoms with E-state index in [1.54, 1.807) is 29.1 Å². The highest BCUT2D eigenvalue weighted by Gasteiger charge is 2.10. The molecule has 0 aliphatic carbocycles. The number of nitrogens with two attached hydrogens (primary N) is 1. The van der Waals surface area contributed by atoms with Crippen molar-refractivity contribution in [1.29, 1.82) is 0 Å². The lowest BCUT2D eigenvalue weighted by Gasteiger charge is -2.07. The molecular formula is C14H17N3O3. The molecule has 0 fully saturated rings. The van der Waals surface area contributed by atoms with Crippen LogP contribution in [0, 0.1) is 0 Å². The van der Waals surface area contributed by atoms with E-state index < -0.39 is 5.97 Å². The zero-order valence-corrected chi connectivity index (χ0v) is 11.5. The monoisotopic (exact) mass is 275 g/mol. The minimum absolute atomic E-state index is 0.303. The van der Waals surface area contributed by atoms with Crippen molar-refractivity contribution in [3.8, 4) is 5.75 Å². The number of rotatable bonds is 5. The normalized spacial score (nSPS) is 10.3. The molecule has 0 aliphatic rings. The van der Waals surface area contributed by atoms with E-state index in [4.69, 9.17) is 15.2 Å². The summed E-state index contributed by atoms with van der Waals surface area (Å²) in [5.41, 5.74) is 7.62. The maximum Gasteiger partial charge on any atom is 0.338 e. The SMILES string of the molecule is COc1cc(C(=O)OCCc2cnn(C)c2)ccc1N. The summed E-state index contributed by atoms with van der Waals surface area (Å²) in [6.07, 6.45) is 4.27. The molecule has 2 rings (SSSR count). The molecule has 0 atom stereocenters. The fourth-order valence-electron chi connectivity index (χ4n) is 1.78. The van der Waals surface area contributed by atoms with E-state index >= 15 is 0 Å². The molecule has 20 heavy (non-hydrogen) atoms. The summed E-state index contributed by atoms with van der Waals surface area (Å²) in [5.74, 6) is 0.0684. The van der Waals surface area contributed by atoms with E-state index in [1.807, 2.05) is 13.2 Å². The Bertz CT molecular complexity index is 607. The van der Waals surface area contributed by atoms with Crippen molar-refractivity contribution >= 4 is 11.7 Å². The van der Waals surface area contributed by atoms with Gasteiger partial charge in [-0.3, -0.25) is 4.68 Å². The van der Waals surface area contributed by atoms with Crippen molar-refractivity contribution in [2.75, 3.05) is 19.5 Å². The first-order chi connectivity index (χ1) is 9.60. The molecule has 0 amide bonds. The van der Waals surface area contributed by atoms with E-state index in [-0.39, 0.29) is 0 Å². The molecule has 1 heterocycles. The van der Waals surface area contributed by atoms with Crippen molar-refractivity contribution in [2.45, 2.75) is 6.42 Å². The molecule has 0 unspecified atom stereocenters. The number of ether oxygens (including phenoxy) is 2. The van der Waals surface area contributed by atoms with Gasteiger partial charge in [0.1, 0.15) is 5.75 Å². The number of esters is 1. The van der Waals surface area contributed by atoms with Crippen molar-refractivity contribution < 1.29 is 14.3 Å². The summed E-state index contributed by atoms with van der Waals surface area (Å²) in [6, 6.07) is 4.81. The maximum absolute atomic E-state index is 11.9. The molecule has 1 aromatic heterocycles. The van der Waals surface area contributed by atoms with Gasteiger partial charge in [0.15, 0.2) is 0 Å². The Morgan fingerprint density at radius 2 is 2.25 bits per heavy atom. The second-order valence-electron chi connectivity index (χ2n) is 4.36. The number of methoxy groups -OCH3 is 1. The van der Waals surface area contributed by atoms with Crippen molar-refractivity contribution in [3.05, 3.63) is 41.7 Å². The lowest BCUT2D eigenvalue weighted by atomic mass is 10.2. The molecule has 0 aliphatic heterocycles. The molecule has 6 nitrogen and oxygen atoms in total. The molecule has 106 valence electrons. The van der Waals surface area contributed by atoms with Crippen molar-refractivity contribution in [3.63, 3.8) is 0 Å². The van der Waals surface area contributed by atoms with E-state index in [0.717, 1.165) is 5.56 Å². The van der Waals surface area contributed by atoms with Crippen LogP contribution in [0.3, 0.4) is 0 Å². The van der Waals surface area contributed by atoms with Gasteiger partial charge in [-0.05, 0) is 23.8 Å². The Hall–Kier alpha value is -2.50. The predicted molar refractivity (Wildman–Crippen MR) is 74.6 cm³/mol. The predicted octanol–water partition coefficient (Wildman–Crippen LogP) is 1.41. The van der Waals surface area contributed by atoms with E-state index in [2.05, 4.69) is 5.10 Å².